The number of carbonyl (C=O) groups excluding carboxylic acids is 1. The van der Waals surface area contributed by atoms with Crippen molar-refractivity contribution in [3.63, 3.8) is 0 Å². The third-order valence-electron chi connectivity index (χ3n) is 5.69. The first-order valence-corrected chi connectivity index (χ1v) is 11.9. The second-order valence-electron chi connectivity index (χ2n) is 8.14. The quantitative estimate of drug-likeness (QED) is 0.205. The van der Waals surface area contributed by atoms with Gasteiger partial charge in [-0.2, -0.15) is 5.26 Å². The van der Waals surface area contributed by atoms with E-state index in [0.717, 1.165) is 21.9 Å². The van der Waals surface area contributed by atoms with Gasteiger partial charge in [0.1, 0.15) is 18.2 Å². The lowest BCUT2D eigenvalue weighted by Crippen LogP contribution is -2.13. The van der Waals surface area contributed by atoms with Crippen LogP contribution in [0.25, 0.3) is 16.8 Å². The molecule has 0 radical (unpaired) electrons. The Morgan fingerprint density at radius 2 is 1.78 bits per heavy atom. The Bertz CT molecular complexity index is 1470. The van der Waals surface area contributed by atoms with E-state index in [1.54, 1.807) is 42.5 Å². The minimum atomic E-state index is -0.510. The Hall–Kier alpha value is -4.27. The smallest absolute Gasteiger partial charge is 0.266 e. The zero-order valence-electron chi connectivity index (χ0n) is 20.0. The molecule has 0 aliphatic rings. The highest BCUT2D eigenvalue weighted by molar-refractivity contribution is 6.30. The van der Waals surface area contributed by atoms with Crippen LogP contribution in [0.4, 0.5) is 5.69 Å². The number of amides is 1. The number of rotatable bonds is 8. The van der Waals surface area contributed by atoms with E-state index in [4.69, 9.17) is 21.1 Å². The van der Waals surface area contributed by atoms with Gasteiger partial charge in [0.15, 0.2) is 11.5 Å². The van der Waals surface area contributed by atoms with E-state index in [0.29, 0.717) is 41.0 Å². The van der Waals surface area contributed by atoms with Crippen molar-refractivity contribution in [1.29, 1.82) is 5.26 Å². The summed E-state index contributed by atoms with van der Waals surface area (Å²) >= 11 is 5.89. The van der Waals surface area contributed by atoms with Crippen molar-refractivity contribution in [2.45, 2.75) is 20.5 Å². The third kappa shape index (κ3) is 5.86. The minimum absolute atomic E-state index is 0.0348. The molecule has 0 atom stereocenters. The number of hydrogen-bond acceptors (Lipinski definition) is 4. The highest BCUT2D eigenvalue weighted by Gasteiger charge is 2.13. The molecule has 0 aromatic heterocycles. The molecule has 0 fully saturated rings. The molecule has 0 aliphatic carbocycles. The second kappa shape index (κ2) is 11.4. The number of nitrogens with zero attached hydrogens (tertiary/aromatic N) is 1. The molecule has 1 N–H and O–H groups in total. The van der Waals surface area contributed by atoms with E-state index in [-0.39, 0.29) is 5.57 Å². The van der Waals surface area contributed by atoms with Gasteiger partial charge in [0, 0.05) is 16.3 Å². The van der Waals surface area contributed by atoms with Gasteiger partial charge in [-0.3, -0.25) is 4.79 Å². The monoisotopic (exact) mass is 496 g/mol. The van der Waals surface area contributed by atoms with Gasteiger partial charge >= 0.3 is 0 Å². The van der Waals surface area contributed by atoms with Gasteiger partial charge < -0.3 is 14.8 Å². The number of hydrogen-bond donors (Lipinski definition) is 1. The molecule has 180 valence electrons. The van der Waals surface area contributed by atoms with Crippen LogP contribution in [0.5, 0.6) is 11.5 Å². The third-order valence-corrected chi connectivity index (χ3v) is 5.94. The van der Waals surface area contributed by atoms with Crippen molar-refractivity contribution >= 4 is 40.0 Å². The maximum absolute atomic E-state index is 12.6. The van der Waals surface area contributed by atoms with E-state index < -0.39 is 5.91 Å². The molecule has 0 saturated heterocycles. The Labute approximate surface area is 215 Å². The van der Waals surface area contributed by atoms with Crippen LogP contribution in [0.2, 0.25) is 5.02 Å². The Kier molecular flexibility index (Phi) is 7.89. The minimum Gasteiger partial charge on any atom is -0.490 e. The SMILES string of the molecule is CCOc1cc(/C=C(\C#N)C(=O)Nc2ccc(Cl)cc2)ccc1OCc1c(C)ccc2ccccc12. The van der Waals surface area contributed by atoms with Gasteiger partial charge in [-0.15, -0.1) is 0 Å². The predicted molar refractivity (Wildman–Crippen MR) is 144 cm³/mol. The molecular formula is C30H25ClN2O3. The van der Waals surface area contributed by atoms with Crippen molar-refractivity contribution in [3.05, 3.63) is 106 Å². The number of anilines is 1. The number of carbonyl (C=O) groups is 1. The summed E-state index contributed by atoms with van der Waals surface area (Å²) in [6.45, 7) is 4.79. The highest BCUT2D eigenvalue weighted by Crippen LogP contribution is 2.32. The number of benzene rings is 4. The van der Waals surface area contributed by atoms with Crippen LogP contribution in [0.3, 0.4) is 0 Å². The van der Waals surface area contributed by atoms with Gasteiger partial charge in [0.25, 0.3) is 5.91 Å². The summed E-state index contributed by atoms with van der Waals surface area (Å²) in [4.78, 5) is 12.6. The summed E-state index contributed by atoms with van der Waals surface area (Å²) in [5.41, 5.74) is 3.43. The molecule has 4 rings (SSSR count). The van der Waals surface area contributed by atoms with E-state index in [9.17, 15) is 10.1 Å². The number of nitrogens with one attached hydrogen (secondary N) is 1. The standard InChI is InChI=1S/C30H25ClN2O3/c1-3-35-29-17-21(16-23(18-32)30(34)33-25-13-11-24(31)12-14-25)9-15-28(29)36-19-27-20(2)8-10-22-6-4-5-7-26(22)27/h4-17H,3,19H2,1-2H3,(H,33,34)/b23-16+. The zero-order chi connectivity index (χ0) is 25.5. The summed E-state index contributed by atoms with van der Waals surface area (Å²) in [5.74, 6) is 0.620. The van der Waals surface area contributed by atoms with E-state index >= 15 is 0 Å². The molecule has 5 nitrogen and oxygen atoms in total. The molecular weight excluding hydrogens is 472 g/mol. The molecule has 0 aliphatic heterocycles. The van der Waals surface area contributed by atoms with Crippen LogP contribution in [-0.2, 0) is 11.4 Å². The second-order valence-corrected chi connectivity index (χ2v) is 8.58. The number of halogens is 1. The fourth-order valence-electron chi connectivity index (χ4n) is 3.84. The fourth-order valence-corrected chi connectivity index (χ4v) is 3.96. The first kappa shape index (κ1) is 24.8. The molecule has 1 amide bonds. The molecule has 0 bridgehead atoms. The zero-order valence-corrected chi connectivity index (χ0v) is 20.8. The van der Waals surface area contributed by atoms with Crippen molar-refractivity contribution in [2.75, 3.05) is 11.9 Å². The lowest BCUT2D eigenvalue weighted by Gasteiger charge is -2.15. The lowest BCUT2D eigenvalue weighted by molar-refractivity contribution is -0.112. The van der Waals surface area contributed by atoms with Crippen molar-refractivity contribution in [2.24, 2.45) is 0 Å². The largest absolute Gasteiger partial charge is 0.490 e. The van der Waals surface area contributed by atoms with E-state index in [1.165, 1.54) is 6.08 Å². The molecule has 4 aromatic carbocycles. The van der Waals surface area contributed by atoms with Crippen molar-refractivity contribution in [3.8, 4) is 17.6 Å². The van der Waals surface area contributed by atoms with Gasteiger partial charge in [0.2, 0.25) is 0 Å². The molecule has 0 saturated carbocycles. The van der Waals surface area contributed by atoms with Gasteiger partial charge in [-0.05, 0) is 78.2 Å². The summed E-state index contributed by atoms with van der Waals surface area (Å²) in [6.07, 6.45) is 1.52. The summed E-state index contributed by atoms with van der Waals surface area (Å²) in [5, 5.41) is 15.2. The van der Waals surface area contributed by atoms with Crippen LogP contribution in [-0.4, -0.2) is 12.5 Å². The number of fused-ring (bicyclic) bond motifs is 1. The molecule has 0 heterocycles. The maximum Gasteiger partial charge on any atom is 0.266 e. The predicted octanol–water partition coefficient (Wildman–Crippen LogP) is 7.33. The van der Waals surface area contributed by atoms with Crippen molar-refractivity contribution in [1.82, 2.24) is 0 Å². The fraction of sp³-hybridized carbons (Fsp3) is 0.133. The number of ether oxygens (including phenoxy) is 2. The molecule has 0 unspecified atom stereocenters. The molecule has 4 aromatic rings. The van der Waals surface area contributed by atoms with E-state index in [1.807, 2.05) is 25.1 Å². The van der Waals surface area contributed by atoms with Crippen LogP contribution in [0, 0.1) is 18.3 Å². The van der Waals surface area contributed by atoms with Crippen LogP contribution in [0.1, 0.15) is 23.6 Å². The Morgan fingerprint density at radius 1 is 1.00 bits per heavy atom. The highest BCUT2D eigenvalue weighted by atomic mass is 35.5. The van der Waals surface area contributed by atoms with Gasteiger partial charge in [-0.1, -0.05) is 54.1 Å². The van der Waals surface area contributed by atoms with Crippen LogP contribution >= 0.6 is 11.6 Å². The Morgan fingerprint density at radius 3 is 2.53 bits per heavy atom. The van der Waals surface area contributed by atoms with Gasteiger partial charge in [-0.25, -0.2) is 0 Å². The van der Waals surface area contributed by atoms with E-state index in [2.05, 4.69) is 36.5 Å². The van der Waals surface area contributed by atoms with Crippen LogP contribution in [0.15, 0.2) is 84.4 Å². The average molecular weight is 497 g/mol. The average Bonchev–Trinajstić information content (AvgIpc) is 2.89. The summed E-state index contributed by atoms with van der Waals surface area (Å²) in [6, 6.07) is 26.4. The van der Waals surface area contributed by atoms with Crippen LogP contribution < -0.4 is 14.8 Å². The maximum atomic E-state index is 12.6. The van der Waals surface area contributed by atoms with Crippen molar-refractivity contribution < 1.29 is 14.3 Å². The number of aryl methyl sites for hydroxylation is 1. The first-order chi connectivity index (χ1) is 17.5. The number of nitriles is 1. The topological polar surface area (TPSA) is 71.3 Å². The first-order valence-electron chi connectivity index (χ1n) is 11.5. The Balaban J connectivity index is 1.56. The van der Waals surface area contributed by atoms with Gasteiger partial charge in [0.05, 0.1) is 6.61 Å². The summed E-state index contributed by atoms with van der Waals surface area (Å²) in [7, 11) is 0. The molecule has 0 spiro atoms. The lowest BCUT2D eigenvalue weighted by atomic mass is 10.0. The normalized spacial score (nSPS) is 11.1. The summed E-state index contributed by atoms with van der Waals surface area (Å²) < 4.78 is 12.0. The molecule has 6 heteroatoms. The molecule has 36 heavy (non-hydrogen) atoms.